The maximum absolute atomic E-state index is 12.2. The van der Waals surface area contributed by atoms with Crippen LogP contribution in [0.1, 0.15) is 27.2 Å². The molecule has 0 bridgehead atoms. The summed E-state index contributed by atoms with van der Waals surface area (Å²) < 4.78 is 36.6. The van der Waals surface area contributed by atoms with E-state index in [0.29, 0.717) is 0 Å². The Kier molecular flexibility index (Phi) is 3.57. The van der Waals surface area contributed by atoms with Crippen LogP contribution >= 0.6 is 0 Å². The summed E-state index contributed by atoms with van der Waals surface area (Å²) in [6.45, 7) is 5.38. The fraction of sp³-hybridized carbons (Fsp3) is 1.00. The highest BCUT2D eigenvalue weighted by molar-refractivity contribution is 4.79. The van der Waals surface area contributed by atoms with Gasteiger partial charge in [-0.15, -0.1) is 0 Å². The zero-order valence-corrected chi connectivity index (χ0v) is 7.92. The van der Waals surface area contributed by atoms with E-state index >= 15 is 0 Å². The summed E-state index contributed by atoms with van der Waals surface area (Å²) in [6, 6.07) is -1.39. The Balaban J connectivity index is 4.20. The van der Waals surface area contributed by atoms with Gasteiger partial charge in [0.25, 0.3) is 0 Å². The largest absolute Gasteiger partial charge is 0.403 e. The maximum atomic E-state index is 12.2. The first kappa shape index (κ1) is 11.8. The van der Waals surface area contributed by atoms with Gasteiger partial charge < -0.3 is 5.32 Å². The van der Waals surface area contributed by atoms with E-state index in [1.807, 2.05) is 0 Å². The quantitative estimate of drug-likeness (QED) is 0.693. The SMILES string of the molecule is CNC(CC(C)(C)C)C(F)(F)F. The van der Waals surface area contributed by atoms with E-state index in [9.17, 15) is 13.2 Å². The monoisotopic (exact) mass is 183 g/mol. The molecule has 0 saturated heterocycles. The molecule has 12 heavy (non-hydrogen) atoms. The molecule has 74 valence electrons. The maximum Gasteiger partial charge on any atom is 0.403 e. The van der Waals surface area contributed by atoms with Crippen LogP contribution in [0.5, 0.6) is 0 Å². The molecule has 0 spiro atoms. The molecular formula is C8H16F3N. The van der Waals surface area contributed by atoms with E-state index in [-0.39, 0.29) is 11.8 Å². The Labute approximate surface area is 71.3 Å². The first-order valence-electron chi connectivity index (χ1n) is 3.91. The van der Waals surface area contributed by atoms with Crippen LogP contribution in [0.4, 0.5) is 13.2 Å². The van der Waals surface area contributed by atoms with Crippen molar-refractivity contribution in [3.05, 3.63) is 0 Å². The van der Waals surface area contributed by atoms with E-state index in [0.717, 1.165) is 0 Å². The zero-order chi connectivity index (χ0) is 9.99. The van der Waals surface area contributed by atoms with Crippen molar-refractivity contribution < 1.29 is 13.2 Å². The fourth-order valence-corrected chi connectivity index (χ4v) is 0.994. The highest BCUT2D eigenvalue weighted by Crippen LogP contribution is 2.30. The van der Waals surface area contributed by atoms with Gasteiger partial charge in [-0.25, -0.2) is 0 Å². The molecule has 0 saturated carbocycles. The Morgan fingerprint density at radius 1 is 1.17 bits per heavy atom. The zero-order valence-electron chi connectivity index (χ0n) is 7.92. The minimum Gasteiger partial charge on any atom is -0.309 e. The minimum absolute atomic E-state index is 0.104. The minimum atomic E-state index is -4.14. The fourth-order valence-electron chi connectivity index (χ4n) is 0.994. The summed E-state index contributed by atoms with van der Waals surface area (Å²) in [4.78, 5) is 0. The van der Waals surface area contributed by atoms with E-state index in [2.05, 4.69) is 5.32 Å². The second-order valence-corrected chi connectivity index (χ2v) is 4.15. The average Bonchev–Trinajstić information content (AvgIpc) is 1.78. The van der Waals surface area contributed by atoms with Crippen LogP contribution in [0.15, 0.2) is 0 Å². The summed E-state index contributed by atoms with van der Waals surface area (Å²) in [5.41, 5.74) is -0.302. The van der Waals surface area contributed by atoms with Gasteiger partial charge in [0.2, 0.25) is 0 Å². The topological polar surface area (TPSA) is 12.0 Å². The van der Waals surface area contributed by atoms with Crippen LogP contribution in [-0.4, -0.2) is 19.3 Å². The number of nitrogens with one attached hydrogen (secondary N) is 1. The molecule has 0 amide bonds. The van der Waals surface area contributed by atoms with Gasteiger partial charge in [-0.1, -0.05) is 20.8 Å². The van der Waals surface area contributed by atoms with E-state index in [1.54, 1.807) is 20.8 Å². The van der Waals surface area contributed by atoms with Gasteiger partial charge in [-0.2, -0.15) is 13.2 Å². The number of halogens is 3. The van der Waals surface area contributed by atoms with E-state index < -0.39 is 12.2 Å². The van der Waals surface area contributed by atoms with Gasteiger partial charge >= 0.3 is 6.18 Å². The summed E-state index contributed by atoms with van der Waals surface area (Å²) >= 11 is 0. The predicted molar refractivity (Wildman–Crippen MR) is 43.0 cm³/mol. The van der Waals surface area contributed by atoms with Crippen molar-refractivity contribution in [1.29, 1.82) is 0 Å². The lowest BCUT2D eigenvalue weighted by atomic mass is 9.88. The summed E-state index contributed by atoms with van der Waals surface area (Å²) in [6.07, 6.45) is -4.03. The molecule has 1 N–H and O–H groups in total. The number of hydrogen-bond acceptors (Lipinski definition) is 1. The van der Waals surface area contributed by atoms with Crippen molar-refractivity contribution in [2.75, 3.05) is 7.05 Å². The summed E-state index contributed by atoms with van der Waals surface area (Å²) in [7, 11) is 1.34. The Morgan fingerprint density at radius 2 is 1.58 bits per heavy atom. The third-order valence-corrected chi connectivity index (χ3v) is 1.56. The molecular weight excluding hydrogens is 167 g/mol. The molecule has 0 heterocycles. The van der Waals surface area contributed by atoms with Crippen LogP contribution in [-0.2, 0) is 0 Å². The van der Waals surface area contributed by atoms with E-state index in [4.69, 9.17) is 0 Å². The van der Waals surface area contributed by atoms with Gasteiger partial charge in [0, 0.05) is 0 Å². The molecule has 0 aliphatic carbocycles. The van der Waals surface area contributed by atoms with Crippen molar-refractivity contribution in [3.8, 4) is 0 Å². The first-order chi connectivity index (χ1) is 5.17. The lowest BCUT2D eigenvalue weighted by Crippen LogP contribution is -2.42. The van der Waals surface area contributed by atoms with Crippen LogP contribution in [0, 0.1) is 5.41 Å². The van der Waals surface area contributed by atoms with E-state index in [1.165, 1.54) is 7.05 Å². The third kappa shape index (κ3) is 4.59. The molecule has 4 heteroatoms. The van der Waals surface area contributed by atoms with Crippen molar-refractivity contribution in [1.82, 2.24) is 5.32 Å². The second-order valence-electron chi connectivity index (χ2n) is 4.15. The second kappa shape index (κ2) is 3.64. The average molecular weight is 183 g/mol. The molecule has 1 unspecified atom stereocenters. The molecule has 0 aromatic carbocycles. The van der Waals surface area contributed by atoms with Crippen LogP contribution < -0.4 is 5.32 Å². The molecule has 0 radical (unpaired) electrons. The van der Waals surface area contributed by atoms with Crippen molar-refractivity contribution in [2.45, 2.75) is 39.4 Å². The highest BCUT2D eigenvalue weighted by atomic mass is 19.4. The molecule has 0 aliphatic rings. The molecule has 1 nitrogen and oxygen atoms in total. The molecule has 0 aliphatic heterocycles. The number of rotatable bonds is 2. The molecule has 1 atom stereocenters. The number of hydrogen-bond donors (Lipinski definition) is 1. The van der Waals surface area contributed by atoms with Crippen molar-refractivity contribution >= 4 is 0 Å². The molecule has 0 aromatic heterocycles. The third-order valence-electron chi connectivity index (χ3n) is 1.56. The standard InChI is InChI=1S/C8H16F3N/c1-7(2,3)5-6(12-4)8(9,10)11/h6,12H,5H2,1-4H3. The van der Waals surface area contributed by atoms with Gasteiger partial charge in [0.1, 0.15) is 6.04 Å². The van der Waals surface area contributed by atoms with Crippen LogP contribution in [0.25, 0.3) is 0 Å². The molecule has 0 rings (SSSR count). The Bertz CT molecular complexity index is 134. The van der Waals surface area contributed by atoms with Crippen molar-refractivity contribution in [3.63, 3.8) is 0 Å². The first-order valence-corrected chi connectivity index (χ1v) is 3.91. The Hall–Kier alpha value is -0.250. The summed E-state index contributed by atoms with van der Waals surface area (Å²) in [5.74, 6) is 0. The number of alkyl halides is 3. The lowest BCUT2D eigenvalue weighted by molar-refractivity contribution is -0.160. The van der Waals surface area contributed by atoms with Crippen molar-refractivity contribution in [2.24, 2.45) is 5.41 Å². The smallest absolute Gasteiger partial charge is 0.309 e. The molecule has 0 aromatic rings. The molecule has 0 fully saturated rings. The lowest BCUT2D eigenvalue weighted by Gasteiger charge is -2.27. The van der Waals surface area contributed by atoms with Crippen LogP contribution in [0.2, 0.25) is 0 Å². The predicted octanol–water partition coefficient (Wildman–Crippen LogP) is 2.57. The van der Waals surface area contributed by atoms with Gasteiger partial charge in [0.05, 0.1) is 0 Å². The van der Waals surface area contributed by atoms with Gasteiger partial charge in [-0.3, -0.25) is 0 Å². The normalized spacial score (nSPS) is 16.2. The van der Waals surface area contributed by atoms with Gasteiger partial charge in [0.15, 0.2) is 0 Å². The summed E-state index contributed by atoms with van der Waals surface area (Å²) in [5, 5.41) is 2.27. The van der Waals surface area contributed by atoms with Crippen LogP contribution in [0.3, 0.4) is 0 Å². The Morgan fingerprint density at radius 3 is 1.67 bits per heavy atom. The highest BCUT2D eigenvalue weighted by Gasteiger charge is 2.40. The van der Waals surface area contributed by atoms with Gasteiger partial charge in [-0.05, 0) is 18.9 Å².